The molecular weight excluding hydrogens is 394 g/mol. The number of ether oxygens (including phenoxy) is 2. The summed E-state index contributed by atoms with van der Waals surface area (Å²) in [5, 5.41) is 12.0. The minimum absolute atomic E-state index is 0.0181. The molecule has 1 unspecified atom stereocenters. The molecular formula is C25H21NO5. The topological polar surface area (TPSA) is 84.9 Å². The number of carbonyl (C=O) groups is 2. The van der Waals surface area contributed by atoms with Gasteiger partial charge in [-0.15, -0.1) is 0 Å². The van der Waals surface area contributed by atoms with Gasteiger partial charge in [0.05, 0.1) is 11.6 Å². The van der Waals surface area contributed by atoms with Crippen molar-refractivity contribution in [3.05, 3.63) is 83.4 Å². The monoisotopic (exact) mass is 415 g/mol. The standard InChI is InChI=1S/C25H21NO5/c27-24(28)16-12-15-6-5-11-22(23(15)30-13-16)26-25(29)31-14-21-19-9-3-1-7-17(19)18-8-2-4-10-20(18)21/h1-11,16,21H,12-14H2,(H,26,29)(H,27,28). The molecule has 1 heterocycles. The number of hydrogen-bond acceptors (Lipinski definition) is 4. The maximum atomic E-state index is 12.6. The Morgan fingerprint density at radius 2 is 1.65 bits per heavy atom. The van der Waals surface area contributed by atoms with E-state index in [-0.39, 0.29) is 19.1 Å². The van der Waals surface area contributed by atoms with Crippen molar-refractivity contribution >= 4 is 17.7 Å². The lowest BCUT2D eigenvalue weighted by Gasteiger charge is -2.24. The molecule has 3 aromatic carbocycles. The van der Waals surface area contributed by atoms with Crippen LogP contribution >= 0.6 is 0 Å². The van der Waals surface area contributed by atoms with Crippen molar-refractivity contribution in [2.45, 2.75) is 12.3 Å². The number of hydrogen-bond donors (Lipinski definition) is 2. The fraction of sp³-hybridized carbons (Fsp3) is 0.200. The van der Waals surface area contributed by atoms with Gasteiger partial charge in [-0.25, -0.2) is 4.79 Å². The Balaban J connectivity index is 1.30. The molecule has 3 aromatic rings. The summed E-state index contributed by atoms with van der Waals surface area (Å²) >= 11 is 0. The zero-order valence-electron chi connectivity index (χ0n) is 16.7. The number of nitrogens with one attached hydrogen (secondary N) is 1. The zero-order chi connectivity index (χ0) is 21.4. The van der Waals surface area contributed by atoms with Crippen molar-refractivity contribution in [3.63, 3.8) is 0 Å². The first-order chi connectivity index (χ1) is 15.1. The maximum absolute atomic E-state index is 12.6. The minimum atomic E-state index is -0.888. The van der Waals surface area contributed by atoms with Crippen LogP contribution in [0.3, 0.4) is 0 Å². The number of carbonyl (C=O) groups excluding carboxylic acids is 1. The van der Waals surface area contributed by atoms with E-state index in [0.29, 0.717) is 17.9 Å². The lowest BCUT2D eigenvalue weighted by Crippen LogP contribution is -2.28. The number of carboxylic acid groups (broad SMARTS) is 1. The van der Waals surface area contributed by atoms with E-state index in [1.807, 2.05) is 30.3 Å². The molecule has 1 aliphatic carbocycles. The highest BCUT2D eigenvalue weighted by molar-refractivity contribution is 5.88. The highest BCUT2D eigenvalue weighted by Crippen LogP contribution is 2.44. The van der Waals surface area contributed by atoms with Crippen LogP contribution in [0.25, 0.3) is 11.1 Å². The maximum Gasteiger partial charge on any atom is 0.411 e. The van der Waals surface area contributed by atoms with Gasteiger partial charge in [-0.05, 0) is 40.3 Å². The first-order valence-electron chi connectivity index (χ1n) is 10.2. The summed E-state index contributed by atoms with van der Waals surface area (Å²) < 4.78 is 11.2. The molecule has 156 valence electrons. The fourth-order valence-electron chi connectivity index (χ4n) is 4.43. The molecule has 0 bridgehead atoms. The number of rotatable bonds is 4. The van der Waals surface area contributed by atoms with Crippen molar-refractivity contribution in [3.8, 4) is 16.9 Å². The first-order valence-corrected chi connectivity index (χ1v) is 10.2. The van der Waals surface area contributed by atoms with Crippen molar-refractivity contribution in [1.29, 1.82) is 0 Å². The molecule has 0 aromatic heterocycles. The number of fused-ring (bicyclic) bond motifs is 4. The molecule has 6 heteroatoms. The van der Waals surface area contributed by atoms with Crippen LogP contribution in [0, 0.1) is 5.92 Å². The van der Waals surface area contributed by atoms with Gasteiger partial charge in [-0.3, -0.25) is 10.1 Å². The summed E-state index contributed by atoms with van der Waals surface area (Å²) in [5.41, 5.74) is 5.89. The van der Waals surface area contributed by atoms with Gasteiger partial charge in [0, 0.05) is 5.92 Å². The Labute approximate surface area is 179 Å². The van der Waals surface area contributed by atoms with Crippen LogP contribution < -0.4 is 10.1 Å². The van der Waals surface area contributed by atoms with E-state index >= 15 is 0 Å². The molecule has 31 heavy (non-hydrogen) atoms. The van der Waals surface area contributed by atoms with E-state index in [1.165, 1.54) is 11.1 Å². The zero-order valence-corrected chi connectivity index (χ0v) is 16.7. The van der Waals surface area contributed by atoms with Gasteiger partial charge in [0.2, 0.25) is 0 Å². The van der Waals surface area contributed by atoms with Gasteiger partial charge in [0.15, 0.2) is 0 Å². The van der Waals surface area contributed by atoms with Crippen LogP contribution in [0.1, 0.15) is 22.6 Å². The SMILES string of the molecule is O=C(Nc1cccc2c1OCC(C(=O)O)C2)OCC1c2ccccc2-c2ccccc21. The number of para-hydroxylation sites is 1. The van der Waals surface area contributed by atoms with E-state index in [2.05, 4.69) is 29.6 Å². The number of amides is 1. The van der Waals surface area contributed by atoms with Crippen LogP contribution in [-0.4, -0.2) is 30.4 Å². The summed E-state index contributed by atoms with van der Waals surface area (Å²) in [5.74, 6) is -0.985. The summed E-state index contributed by atoms with van der Waals surface area (Å²) in [6, 6.07) is 21.6. The smallest absolute Gasteiger partial charge is 0.411 e. The Morgan fingerprint density at radius 1 is 0.968 bits per heavy atom. The lowest BCUT2D eigenvalue weighted by atomic mass is 9.96. The van der Waals surface area contributed by atoms with Gasteiger partial charge in [0.25, 0.3) is 0 Å². The Hall–Kier alpha value is -3.80. The third-order valence-corrected chi connectivity index (χ3v) is 5.92. The third kappa shape index (κ3) is 3.50. The largest absolute Gasteiger partial charge is 0.490 e. The minimum Gasteiger partial charge on any atom is -0.490 e. The number of benzene rings is 3. The second-order valence-corrected chi connectivity index (χ2v) is 7.79. The van der Waals surface area contributed by atoms with E-state index in [0.717, 1.165) is 16.7 Å². The molecule has 0 radical (unpaired) electrons. The van der Waals surface area contributed by atoms with E-state index in [1.54, 1.807) is 12.1 Å². The second kappa shape index (κ2) is 7.80. The molecule has 1 amide bonds. The summed E-state index contributed by atoms with van der Waals surface area (Å²) in [6.45, 7) is 0.294. The Kier molecular flexibility index (Phi) is 4.82. The van der Waals surface area contributed by atoms with E-state index in [4.69, 9.17) is 9.47 Å². The molecule has 1 atom stereocenters. The first kappa shape index (κ1) is 19.2. The molecule has 0 saturated heterocycles. The average Bonchev–Trinajstić information content (AvgIpc) is 3.11. The quantitative estimate of drug-likeness (QED) is 0.646. The van der Waals surface area contributed by atoms with Gasteiger partial charge >= 0.3 is 12.1 Å². The Bertz CT molecular complexity index is 1130. The predicted octanol–water partition coefficient (Wildman–Crippen LogP) is 4.68. The number of aliphatic carboxylic acids is 1. The van der Waals surface area contributed by atoms with Crippen LogP contribution in [0.2, 0.25) is 0 Å². The molecule has 2 aliphatic rings. The summed E-state index contributed by atoms with van der Waals surface area (Å²) in [4.78, 5) is 23.8. The molecule has 5 rings (SSSR count). The molecule has 0 spiro atoms. The van der Waals surface area contributed by atoms with Crippen molar-refractivity contribution in [2.24, 2.45) is 5.92 Å². The predicted molar refractivity (Wildman–Crippen MR) is 115 cm³/mol. The van der Waals surface area contributed by atoms with Gasteiger partial charge in [0.1, 0.15) is 19.0 Å². The molecule has 0 fully saturated rings. The fourth-order valence-corrected chi connectivity index (χ4v) is 4.43. The average molecular weight is 415 g/mol. The highest BCUT2D eigenvalue weighted by atomic mass is 16.5. The summed E-state index contributed by atoms with van der Waals surface area (Å²) in [6.07, 6.45) is -0.204. The van der Waals surface area contributed by atoms with Gasteiger partial charge < -0.3 is 14.6 Å². The molecule has 6 nitrogen and oxygen atoms in total. The molecule has 0 saturated carbocycles. The van der Waals surface area contributed by atoms with Crippen molar-refractivity contribution < 1.29 is 24.2 Å². The van der Waals surface area contributed by atoms with E-state index in [9.17, 15) is 14.7 Å². The number of carboxylic acids is 1. The van der Waals surface area contributed by atoms with Crippen LogP contribution in [-0.2, 0) is 16.0 Å². The van der Waals surface area contributed by atoms with E-state index < -0.39 is 18.0 Å². The van der Waals surface area contributed by atoms with Crippen molar-refractivity contribution in [2.75, 3.05) is 18.5 Å². The second-order valence-electron chi connectivity index (χ2n) is 7.79. The van der Waals surface area contributed by atoms with Crippen molar-refractivity contribution in [1.82, 2.24) is 0 Å². The van der Waals surface area contributed by atoms with Crippen LogP contribution in [0.15, 0.2) is 66.7 Å². The molecule has 2 N–H and O–H groups in total. The molecule has 1 aliphatic heterocycles. The van der Waals surface area contributed by atoms with Crippen LogP contribution in [0.4, 0.5) is 10.5 Å². The van der Waals surface area contributed by atoms with Crippen LogP contribution in [0.5, 0.6) is 5.75 Å². The Morgan fingerprint density at radius 3 is 2.32 bits per heavy atom. The normalized spacial score (nSPS) is 16.5. The van der Waals surface area contributed by atoms with Gasteiger partial charge in [-0.1, -0.05) is 60.7 Å². The lowest BCUT2D eigenvalue weighted by molar-refractivity contribution is -0.143. The summed E-state index contributed by atoms with van der Waals surface area (Å²) in [7, 11) is 0. The highest BCUT2D eigenvalue weighted by Gasteiger charge is 2.30. The van der Waals surface area contributed by atoms with Gasteiger partial charge in [-0.2, -0.15) is 0 Å². The third-order valence-electron chi connectivity index (χ3n) is 5.92. The number of anilines is 1.